The summed E-state index contributed by atoms with van der Waals surface area (Å²) in [5.41, 5.74) is 2.84. The Hall–Kier alpha value is -0.290. The fourth-order valence-electron chi connectivity index (χ4n) is 3.23. The molecule has 1 aliphatic rings. The first-order valence-corrected chi connectivity index (χ1v) is 7.45. The van der Waals surface area contributed by atoms with Crippen LogP contribution in [0, 0.1) is 17.8 Å². The Labute approximate surface area is 114 Å². The first kappa shape index (κ1) is 16.8. The molecule has 1 atom stereocenters. The molecule has 1 saturated carbocycles. The second-order valence-corrected chi connectivity index (χ2v) is 5.84. The molecule has 2 nitrogen and oxygen atoms in total. The predicted octanol–water partition coefficient (Wildman–Crippen LogP) is 4.01. The van der Waals surface area contributed by atoms with Gasteiger partial charge in [-0.1, -0.05) is 26.7 Å². The molecule has 0 bridgehead atoms. The molecule has 0 amide bonds. The highest BCUT2D eigenvalue weighted by atomic mass is 19.4. The lowest BCUT2D eigenvalue weighted by atomic mass is 9.76. The summed E-state index contributed by atoms with van der Waals surface area (Å²) in [6.45, 7) is 4.31. The van der Waals surface area contributed by atoms with Gasteiger partial charge >= 0.3 is 6.18 Å². The van der Waals surface area contributed by atoms with Crippen molar-refractivity contribution in [3.05, 3.63) is 0 Å². The molecule has 1 rings (SSSR count). The number of rotatable bonds is 6. The smallest absolute Gasteiger partial charge is 0.271 e. The van der Waals surface area contributed by atoms with Gasteiger partial charge in [0.1, 0.15) is 0 Å². The van der Waals surface area contributed by atoms with E-state index in [4.69, 9.17) is 5.84 Å². The maximum Gasteiger partial charge on any atom is 0.391 e. The summed E-state index contributed by atoms with van der Waals surface area (Å²) < 4.78 is 37.9. The first-order valence-electron chi connectivity index (χ1n) is 7.45. The molecule has 19 heavy (non-hydrogen) atoms. The summed E-state index contributed by atoms with van der Waals surface area (Å²) in [6.07, 6.45) is 0.957. The zero-order valence-electron chi connectivity index (χ0n) is 12.0. The third-order valence-corrected chi connectivity index (χ3v) is 4.76. The Morgan fingerprint density at radius 2 is 1.63 bits per heavy atom. The highest BCUT2D eigenvalue weighted by molar-refractivity contribution is 4.84. The quantitative estimate of drug-likeness (QED) is 0.570. The normalized spacial score (nSPS) is 26.7. The number of nitrogens with one attached hydrogen (secondary N) is 1. The Balaban J connectivity index is 2.47. The van der Waals surface area contributed by atoms with Gasteiger partial charge in [-0.25, -0.2) is 0 Å². The summed E-state index contributed by atoms with van der Waals surface area (Å²) in [7, 11) is 0. The first-order chi connectivity index (χ1) is 8.92. The van der Waals surface area contributed by atoms with Gasteiger partial charge in [-0.3, -0.25) is 11.3 Å². The van der Waals surface area contributed by atoms with Crippen LogP contribution in [0.15, 0.2) is 0 Å². The molecule has 5 heteroatoms. The zero-order chi connectivity index (χ0) is 14.5. The lowest BCUT2D eigenvalue weighted by Crippen LogP contribution is -2.44. The number of nitrogens with two attached hydrogens (primary N) is 1. The molecule has 1 unspecified atom stereocenters. The molecule has 3 N–H and O–H groups in total. The average molecular weight is 280 g/mol. The maximum absolute atomic E-state index is 12.6. The molecular formula is C14H27F3N2. The van der Waals surface area contributed by atoms with Gasteiger partial charge in [-0.15, -0.1) is 0 Å². The summed E-state index contributed by atoms with van der Waals surface area (Å²) >= 11 is 0. The van der Waals surface area contributed by atoms with E-state index >= 15 is 0 Å². The molecular weight excluding hydrogens is 253 g/mol. The van der Waals surface area contributed by atoms with Crippen molar-refractivity contribution in [3.63, 3.8) is 0 Å². The Kier molecular flexibility index (Phi) is 6.60. The highest BCUT2D eigenvalue weighted by Crippen LogP contribution is 2.41. The molecule has 0 aliphatic heterocycles. The van der Waals surface area contributed by atoms with Gasteiger partial charge in [0.25, 0.3) is 0 Å². The second-order valence-electron chi connectivity index (χ2n) is 5.84. The number of hydrogen-bond acceptors (Lipinski definition) is 2. The fraction of sp³-hybridized carbons (Fsp3) is 1.00. The Morgan fingerprint density at radius 3 is 2.00 bits per heavy atom. The van der Waals surface area contributed by atoms with Crippen molar-refractivity contribution in [2.45, 2.75) is 71.0 Å². The molecule has 0 radical (unpaired) electrons. The minimum absolute atomic E-state index is 0.166. The molecule has 0 spiro atoms. The van der Waals surface area contributed by atoms with Crippen LogP contribution in [0.25, 0.3) is 0 Å². The van der Waals surface area contributed by atoms with Crippen LogP contribution in [0.3, 0.4) is 0 Å². The van der Waals surface area contributed by atoms with Crippen LogP contribution in [0.4, 0.5) is 13.2 Å². The lowest BCUT2D eigenvalue weighted by Gasteiger charge is -2.35. The zero-order valence-corrected chi connectivity index (χ0v) is 12.0. The van der Waals surface area contributed by atoms with Gasteiger partial charge in [0, 0.05) is 6.04 Å². The minimum atomic E-state index is -4.02. The van der Waals surface area contributed by atoms with E-state index in [1.165, 1.54) is 0 Å². The minimum Gasteiger partial charge on any atom is -0.271 e. The third-order valence-electron chi connectivity index (χ3n) is 4.76. The highest BCUT2D eigenvalue weighted by Gasteiger charge is 2.42. The van der Waals surface area contributed by atoms with Crippen LogP contribution in [-0.2, 0) is 0 Å². The molecule has 0 aromatic rings. The van der Waals surface area contributed by atoms with Gasteiger partial charge in [-0.05, 0) is 43.9 Å². The molecule has 0 saturated heterocycles. The average Bonchev–Trinajstić information content (AvgIpc) is 2.39. The molecule has 1 fully saturated rings. The predicted molar refractivity (Wildman–Crippen MR) is 71.3 cm³/mol. The van der Waals surface area contributed by atoms with Crippen LogP contribution in [-0.4, -0.2) is 12.2 Å². The van der Waals surface area contributed by atoms with Gasteiger partial charge in [0.05, 0.1) is 5.92 Å². The molecule has 1 aliphatic carbocycles. The lowest BCUT2D eigenvalue weighted by molar-refractivity contribution is -0.184. The van der Waals surface area contributed by atoms with E-state index < -0.39 is 12.1 Å². The van der Waals surface area contributed by atoms with Crippen molar-refractivity contribution in [2.24, 2.45) is 23.6 Å². The second kappa shape index (κ2) is 7.48. The van der Waals surface area contributed by atoms with Crippen molar-refractivity contribution in [1.82, 2.24) is 5.43 Å². The third kappa shape index (κ3) is 4.95. The van der Waals surface area contributed by atoms with Crippen molar-refractivity contribution < 1.29 is 13.2 Å². The summed E-state index contributed by atoms with van der Waals surface area (Å²) in [5.74, 6) is 5.42. The van der Waals surface area contributed by atoms with Crippen molar-refractivity contribution >= 4 is 0 Å². The van der Waals surface area contributed by atoms with Crippen LogP contribution in [0.5, 0.6) is 0 Å². The van der Waals surface area contributed by atoms with Crippen molar-refractivity contribution in [1.29, 1.82) is 0 Å². The Bertz CT molecular complexity index is 244. The summed E-state index contributed by atoms with van der Waals surface area (Å²) in [6, 6.07) is 0.166. The monoisotopic (exact) mass is 280 g/mol. The SMILES string of the molecule is CCC(CC)CC(NN)C1CCC(C(F)(F)F)CC1. The van der Waals surface area contributed by atoms with Crippen LogP contribution >= 0.6 is 0 Å². The topological polar surface area (TPSA) is 38.0 Å². The van der Waals surface area contributed by atoms with Gasteiger partial charge in [-0.2, -0.15) is 13.2 Å². The van der Waals surface area contributed by atoms with E-state index in [1.54, 1.807) is 0 Å². The van der Waals surface area contributed by atoms with E-state index in [2.05, 4.69) is 19.3 Å². The number of halogens is 3. The molecule has 0 aromatic heterocycles. The largest absolute Gasteiger partial charge is 0.391 e. The van der Waals surface area contributed by atoms with Crippen LogP contribution in [0.2, 0.25) is 0 Å². The van der Waals surface area contributed by atoms with E-state index in [0.717, 1.165) is 19.3 Å². The van der Waals surface area contributed by atoms with E-state index in [0.29, 0.717) is 24.7 Å². The van der Waals surface area contributed by atoms with Crippen LogP contribution < -0.4 is 11.3 Å². The van der Waals surface area contributed by atoms with Crippen molar-refractivity contribution in [3.8, 4) is 0 Å². The van der Waals surface area contributed by atoms with Gasteiger partial charge < -0.3 is 0 Å². The standard InChI is InChI=1S/C14H27F3N2/c1-3-10(4-2)9-13(19-18)11-5-7-12(8-6-11)14(15,16)17/h10-13,19H,3-9,18H2,1-2H3. The molecule has 0 aromatic carbocycles. The molecule has 0 heterocycles. The molecule has 114 valence electrons. The summed E-state index contributed by atoms with van der Waals surface area (Å²) in [4.78, 5) is 0. The number of hydrazine groups is 1. The number of hydrogen-bond donors (Lipinski definition) is 2. The van der Waals surface area contributed by atoms with Gasteiger partial charge in [0.2, 0.25) is 0 Å². The summed E-state index contributed by atoms with van der Waals surface area (Å²) in [5, 5.41) is 0. The van der Waals surface area contributed by atoms with E-state index in [1.807, 2.05) is 0 Å². The Morgan fingerprint density at radius 1 is 1.11 bits per heavy atom. The van der Waals surface area contributed by atoms with E-state index in [9.17, 15) is 13.2 Å². The van der Waals surface area contributed by atoms with Crippen LogP contribution in [0.1, 0.15) is 58.8 Å². The fourth-order valence-corrected chi connectivity index (χ4v) is 3.23. The van der Waals surface area contributed by atoms with E-state index in [-0.39, 0.29) is 18.9 Å². The van der Waals surface area contributed by atoms with Crippen molar-refractivity contribution in [2.75, 3.05) is 0 Å². The maximum atomic E-state index is 12.6. The number of alkyl halides is 3. The van der Waals surface area contributed by atoms with Gasteiger partial charge in [0.15, 0.2) is 0 Å².